The normalized spacial score (nSPS) is 26.5. The Morgan fingerprint density at radius 3 is 3.13 bits per heavy atom. The molecule has 2 aromatic rings. The zero-order chi connectivity index (χ0) is 15.5. The van der Waals surface area contributed by atoms with Crippen molar-refractivity contribution in [3.8, 4) is 0 Å². The van der Waals surface area contributed by atoms with E-state index in [0.29, 0.717) is 0 Å². The van der Waals surface area contributed by atoms with Crippen molar-refractivity contribution in [2.75, 3.05) is 44.3 Å². The summed E-state index contributed by atoms with van der Waals surface area (Å²) in [7, 11) is 0. The Kier molecular flexibility index (Phi) is 4.61. The molecule has 1 spiro atoms. The minimum atomic E-state index is 0.219. The summed E-state index contributed by atoms with van der Waals surface area (Å²) >= 11 is 3.41. The van der Waals surface area contributed by atoms with Crippen LogP contribution in [0.15, 0.2) is 22.3 Å². The average Bonchev–Trinajstić information content (AvgIpc) is 3.22. The number of likely N-dealkylation sites (tertiary alicyclic amines) is 1. The molecule has 124 valence electrons. The van der Waals surface area contributed by atoms with Gasteiger partial charge in [-0.3, -0.25) is 4.90 Å². The molecule has 5 nitrogen and oxygen atoms in total. The molecule has 2 fully saturated rings. The van der Waals surface area contributed by atoms with Crippen LogP contribution in [0.1, 0.15) is 18.4 Å². The first-order valence-electron chi connectivity index (χ1n) is 8.15. The first-order valence-corrected chi connectivity index (χ1v) is 9.98. The van der Waals surface area contributed by atoms with Crippen LogP contribution in [0.4, 0.5) is 5.13 Å². The number of anilines is 1. The number of rotatable bonds is 3. The third-order valence-electron chi connectivity index (χ3n) is 4.79. The second kappa shape index (κ2) is 6.84. The highest BCUT2D eigenvalue weighted by Gasteiger charge is 2.39. The molecule has 0 N–H and O–H groups in total. The van der Waals surface area contributed by atoms with Crippen LogP contribution in [0.3, 0.4) is 0 Å². The van der Waals surface area contributed by atoms with Gasteiger partial charge in [-0.25, -0.2) is 0 Å². The second-order valence-electron chi connectivity index (χ2n) is 6.64. The highest BCUT2D eigenvalue weighted by molar-refractivity contribution is 7.13. The third-order valence-corrected chi connectivity index (χ3v) is 6.27. The Bertz CT molecular complexity index is 604. The van der Waals surface area contributed by atoms with Gasteiger partial charge >= 0.3 is 0 Å². The van der Waals surface area contributed by atoms with Crippen molar-refractivity contribution in [1.82, 2.24) is 15.1 Å². The number of ether oxygens (including phenoxy) is 1. The van der Waals surface area contributed by atoms with Crippen LogP contribution in [0.2, 0.25) is 0 Å². The summed E-state index contributed by atoms with van der Waals surface area (Å²) in [6.45, 7) is 6.96. The van der Waals surface area contributed by atoms with Crippen LogP contribution in [0.5, 0.6) is 0 Å². The molecule has 0 amide bonds. The molecule has 2 aliphatic rings. The number of nitrogens with zero attached hydrogens (tertiary/aromatic N) is 4. The van der Waals surface area contributed by atoms with E-state index in [-0.39, 0.29) is 5.41 Å². The van der Waals surface area contributed by atoms with E-state index >= 15 is 0 Å². The van der Waals surface area contributed by atoms with Gasteiger partial charge < -0.3 is 9.64 Å². The van der Waals surface area contributed by atoms with E-state index < -0.39 is 0 Å². The van der Waals surface area contributed by atoms with E-state index in [2.05, 4.69) is 36.8 Å². The summed E-state index contributed by atoms with van der Waals surface area (Å²) in [6.07, 6.45) is 2.49. The van der Waals surface area contributed by atoms with Gasteiger partial charge in [0.15, 0.2) is 0 Å². The molecule has 0 radical (unpaired) electrons. The van der Waals surface area contributed by atoms with Crippen molar-refractivity contribution in [2.24, 2.45) is 5.41 Å². The van der Waals surface area contributed by atoms with Gasteiger partial charge in [0.2, 0.25) is 5.13 Å². The van der Waals surface area contributed by atoms with Crippen molar-refractivity contribution in [3.63, 3.8) is 0 Å². The maximum absolute atomic E-state index is 5.99. The van der Waals surface area contributed by atoms with E-state index in [1.165, 1.54) is 24.9 Å². The molecule has 7 heteroatoms. The van der Waals surface area contributed by atoms with Crippen LogP contribution < -0.4 is 4.90 Å². The van der Waals surface area contributed by atoms with Gasteiger partial charge in [-0.15, -0.1) is 10.2 Å². The first kappa shape index (κ1) is 15.5. The standard InChI is InChI=1S/C16H22N4OS2/c1-3-16(10-19(4-1)8-14-2-7-22-9-14)11-20(5-6-21-12-16)15-18-17-13-23-15/h2,7,9,13H,1,3-6,8,10-12H2/t16-/m1/s1. The maximum atomic E-state index is 5.99. The zero-order valence-corrected chi connectivity index (χ0v) is 14.8. The average molecular weight is 351 g/mol. The Labute approximate surface area is 144 Å². The molecule has 23 heavy (non-hydrogen) atoms. The molecule has 0 saturated carbocycles. The SMILES string of the molecule is c1cc(CN2CCC[C@@]3(COCCN(c4nncs4)C3)C2)cs1. The highest BCUT2D eigenvalue weighted by Crippen LogP contribution is 2.35. The van der Waals surface area contributed by atoms with Crippen LogP contribution in [0, 0.1) is 5.41 Å². The monoisotopic (exact) mass is 350 g/mol. The Morgan fingerprint density at radius 1 is 1.30 bits per heavy atom. The second-order valence-corrected chi connectivity index (χ2v) is 8.23. The third kappa shape index (κ3) is 3.57. The minimum absolute atomic E-state index is 0.219. The lowest BCUT2D eigenvalue weighted by Gasteiger charge is -2.43. The number of piperidine rings is 1. The van der Waals surface area contributed by atoms with Gasteiger partial charge in [-0.1, -0.05) is 11.3 Å². The predicted molar refractivity (Wildman–Crippen MR) is 94.2 cm³/mol. The number of thiophene rings is 1. The molecule has 0 unspecified atom stereocenters. The van der Waals surface area contributed by atoms with E-state index in [0.717, 1.165) is 44.5 Å². The van der Waals surface area contributed by atoms with E-state index in [1.54, 1.807) is 22.7 Å². The number of aromatic nitrogens is 2. The predicted octanol–water partition coefficient (Wildman–Crippen LogP) is 2.72. The molecule has 4 rings (SSSR count). The van der Waals surface area contributed by atoms with Gasteiger partial charge in [-0.05, 0) is 41.8 Å². The molecule has 0 aliphatic carbocycles. The Morgan fingerprint density at radius 2 is 2.30 bits per heavy atom. The number of hydrogen-bond acceptors (Lipinski definition) is 7. The molecule has 1 atom stereocenters. The van der Waals surface area contributed by atoms with E-state index in [9.17, 15) is 0 Å². The van der Waals surface area contributed by atoms with Crippen molar-refractivity contribution in [3.05, 3.63) is 27.9 Å². The minimum Gasteiger partial charge on any atom is -0.379 e. The fourth-order valence-electron chi connectivity index (χ4n) is 3.79. The molecular weight excluding hydrogens is 328 g/mol. The van der Waals surface area contributed by atoms with Gasteiger partial charge in [0.05, 0.1) is 13.2 Å². The fraction of sp³-hybridized carbons (Fsp3) is 0.625. The van der Waals surface area contributed by atoms with E-state index in [1.807, 2.05) is 5.51 Å². The molecule has 0 aromatic carbocycles. The summed E-state index contributed by atoms with van der Waals surface area (Å²) < 4.78 is 5.99. The Hall–Kier alpha value is -1.02. The quantitative estimate of drug-likeness (QED) is 0.851. The summed E-state index contributed by atoms with van der Waals surface area (Å²) in [4.78, 5) is 4.97. The van der Waals surface area contributed by atoms with Crippen molar-refractivity contribution >= 4 is 27.8 Å². The van der Waals surface area contributed by atoms with Gasteiger partial charge in [-0.2, -0.15) is 11.3 Å². The molecule has 4 heterocycles. The van der Waals surface area contributed by atoms with Crippen molar-refractivity contribution < 1.29 is 4.74 Å². The lowest BCUT2D eigenvalue weighted by atomic mass is 9.80. The van der Waals surface area contributed by atoms with Crippen LogP contribution in [-0.4, -0.2) is 54.5 Å². The topological polar surface area (TPSA) is 41.5 Å². The van der Waals surface area contributed by atoms with Gasteiger partial charge in [0, 0.05) is 31.6 Å². The molecule has 0 bridgehead atoms. The summed E-state index contributed by atoms with van der Waals surface area (Å²) in [5.41, 5.74) is 3.47. The molecular formula is C16H22N4OS2. The van der Waals surface area contributed by atoms with Crippen molar-refractivity contribution in [1.29, 1.82) is 0 Å². The largest absolute Gasteiger partial charge is 0.379 e. The summed E-state index contributed by atoms with van der Waals surface area (Å²) in [5, 5.41) is 13.7. The molecule has 2 aliphatic heterocycles. The first-order chi connectivity index (χ1) is 11.3. The zero-order valence-electron chi connectivity index (χ0n) is 13.2. The molecule has 2 saturated heterocycles. The summed E-state index contributed by atoms with van der Waals surface area (Å²) in [5.74, 6) is 0. The van der Waals surface area contributed by atoms with Crippen LogP contribution in [0.25, 0.3) is 0 Å². The van der Waals surface area contributed by atoms with Gasteiger partial charge in [0.25, 0.3) is 0 Å². The van der Waals surface area contributed by atoms with Crippen LogP contribution in [-0.2, 0) is 11.3 Å². The number of hydrogen-bond donors (Lipinski definition) is 0. The van der Waals surface area contributed by atoms with Crippen LogP contribution >= 0.6 is 22.7 Å². The maximum Gasteiger partial charge on any atom is 0.208 e. The van der Waals surface area contributed by atoms with Gasteiger partial charge in [0.1, 0.15) is 5.51 Å². The lowest BCUT2D eigenvalue weighted by molar-refractivity contribution is 0.0107. The van der Waals surface area contributed by atoms with Crippen molar-refractivity contribution in [2.45, 2.75) is 19.4 Å². The van der Waals surface area contributed by atoms with E-state index in [4.69, 9.17) is 4.74 Å². The smallest absolute Gasteiger partial charge is 0.208 e. The lowest BCUT2D eigenvalue weighted by Crippen LogP contribution is -2.50. The highest BCUT2D eigenvalue weighted by atomic mass is 32.1. The summed E-state index contributed by atoms with van der Waals surface area (Å²) in [6, 6.07) is 2.24. The molecule has 2 aromatic heterocycles. The fourth-order valence-corrected chi connectivity index (χ4v) is 5.04. The Balaban J connectivity index is 1.48.